The fourth-order valence-electron chi connectivity index (χ4n) is 5.13. The van der Waals surface area contributed by atoms with Gasteiger partial charge in [-0.25, -0.2) is 0 Å². The molecule has 1 aromatic rings. The number of halogens is 1. The van der Waals surface area contributed by atoms with Gasteiger partial charge in [-0.05, 0) is 64.7 Å². The summed E-state index contributed by atoms with van der Waals surface area (Å²) in [5, 5.41) is 0.371. The Morgan fingerprint density at radius 3 is 2.27 bits per heavy atom. The Labute approximate surface area is 238 Å². The van der Waals surface area contributed by atoms with Gasteiger partial charge >= 0.3 is 0 Å². The zero-order valence-corrected chi connectivity index (χ0v) is 29.0. The van der Waals surface area contributed by atoms with E-state index in [1.807, 2.05) is 0 Å². The van der Waals surface area contributed by atoms with Crippen LogP contribution in [0.4, 0.5) is 0 Å². The van der Waals surface area contributed by atoms with Crippen molar-refractivity contribution < 1.29 is 13.6 Å². The molecule has 3 nitrogen and oxygen atoms in total. The van der Waals surface area contributed by atoms with E-state index < -0.39 is 16.6 Å². The molecule has 0 radical (unpaired) electrons. The van der Waals surface area contributed by atoms with E-state index in [0.717, 1.165) is 23.1 Å². The Hall–Kier alpha value is -0.406. The van der Waals surface area contributed by atoms with Crippen LogP contribution in [0.5, 0.6) is 5.75 Å². The van der Waals surface area contributed by atoms with Gasteiger partial charge in [0, 0.05) is 23.8 Å². The molecule has 1 aliphatic heterocycles. The van der Waals surface area contributed by atoms with Crippen LogP contribution in [0, 0.1) is 5.92 Å². The second-order valence-corrected chi connectivity index (χ2v) is 24.7. The molecule has 0 bridgehead atoms. The third-order valence-corrected chi connectivity index (χ3v) is 19.1. The third-order valence-electron chi connectivity index (χ3n) is 9.48. The van der Waals surface area contributed by atoms with Gasteiger partial charge in [0.15, 0.2) is 16.6 Å². The van der Waals surface area contributed by atoms with Gasteiger partial charge in [0.25, 0.3) is 0 Å². The molecule has 210 valence electrons. The summed E-state index contributed by atoms with van der Waals surface area (Å²) in [7, 11) is -3.81. The molecule has 0 saturated heterocycles. The van der Waals surface area contributed by atoms with Crippen LogP contribution < -0.4 is 4.74 Å². The highest BCUT2D eigenvalue weighted by Crippen LogP contribution is 2.55. The molecule has 0 amide bonds. The van der Waals surface area contributed by atoms with Crippen molar-refractivity contribution in [3.8, 4) is 5.75 Å². The van der Waals surface area contributed by atoms with Gasteiger partial charge in [-0.3, -0.25) is 0 Å². The number of hydrogen-bond donors (Lipinski definition) is 0. The monoisotopic (exact) mass is 608 g/mol. The summed E-state index contributed by atoms with van der Waals surface area (Å²) in [6, 6.07) is 6.49. The van der Waals surface area contributed by atoms with Crippen molar-refractivity contribution in [2.75, 3.05) is 0 Å². The van der Waals surface area contributed by atoms with Crippen LogP contribution in [0.15, 0.2) is 34.8 Å². The van der Waals surface area contributed by atoms with Crippen molar-refractivity contribution >= 4 is 32.6 Å². The summed E-state index contributed by atoms with van der Waals surface area (Å²) in [5.41, 5.74) is 1.32. The van der Waals surface area contributed by atoms with E-state index >= 15 is 0 Å². The van der Waals surface area contributed by atoms with Gasteiger partial charge in [0.2, 0.25) is 0 Å². The molecule has 37 heavy (non-hydrogen) atoms. The Balaban J connectivity index is 1.94. The summed E-state index contributed by atoms with van der Waals surface area (Å²) < 4.78 is 21.7. The van der Waals surface area contributed by atoms with Crippen LogP contribution in [0.1, 0.15) is 92.1 Å². The van der Waals surface area contributed by atoms with E-state index in [2.05, 4.69) is 121 Å². The van der Waals surface area contributed by atoms with Gasteiger partial charge in [-0.1, -0.05) is 92.0 Å². The van der Waals surface area contributed by atoms with Crippen LogP contribution in [-0.4, -0.2) is 34.9 Å². The van der Waals surface area contributed by atoms with E-state index in [-0.39, 0.29) is 34.3 Å². The van der Waals surface area contributed by atoms with E-state index in [0.29, 0.717) is 5.92 Å². The maximum Gasteiger partial charge on any atom is 0.192 e. The first-order chi connectivity index (χ1) is 17.0. The highest BCUT2D eigenvalue weighted by atomic mass is 79.9. The first-order valence-electron chi connectivity index (χ1n) is 14.5. The number of benzene rings is 1. The van der Waals surface area contributed by atoms with Crippen LogP contribution in [-0.2, 0) is 8.85 Å². The van der Waals surface area contributed by atoms with Crippen LogP contribution >= 0.6 is 15.9 Å². The number of unbranched alkanes of at least 4 members (excludes halogenated alkanes) is 2. The molecule has 2 aliphatic rings. The average molecular weight is 610 g/mol. The minimum absolute atomic E-state index is 0.157. The normalized spacial score (nSPS) is 25.3. The minimum atomic E-state index is -1.93. The molecular formula is C31H53BrO3Si2. The fraction of sp³-hybridized carbons (Fsp3) is 0.742. The zero-order valence-electron chi connectivity index (χ0n) is 25.4. The van der Waals surface area contributed by atoms with E-state index in [9.17, 15) is 0 Å². The highest BCUT2D eigenvalue weighted by Gasteiger charge is 2.52. The molecule has 6 heteroatoms. The number of fused-ring (bicyclic) bond motifs is 3. The molecular weight excluding hydrogens is 556 g/mol. The second-order valence-electron chi connectivity index (χ2n) is 14.4. The van der Waals surface area contributed by atoms with Gasteiger partial charge in [0.1, 0.15) is 11.9 Å². The molecule has 1 aromatic carbocycles. The lowest BCUT2D eigenvalue weighted by atomic mass is 9.87. The van der Waals surface area contributed by atoms with E-state index in [1.54, 1.807) is 0 Å². The SMILES string of the molecule is CCCCC[C@@H](/C=C/[C@@H]1[C@H]2c3cccc(Br)c3O[C@H]2C[C@H]1O[Si](C)(C)C(C)(C)C)O[Si](C)(C)C(C)(C)C. The van der Waals surface area contributed by atoms with Crippen molar-refractivity contribution in [3.63, 3.8) is 0 Å². The van der Waals surface area contributed by atoms with E-state index in [4.69, 9.17) is 13.6 Å². The first kappa shape index (κ1) is 31.1. The summed E-state index contributed by atoms with van der Waals surface area (Å²) >= 11 is 3.73. The van der Waals surface area contributed by atoms with Crippen molar-refractivity contribution in [1.82, 2.24) is 0 Å². The van der Waals surface area contributed by atoms with Gasteiger partial charge in [0.05, 0.1) is 16.7 Å². The maximum atomic E-state index is 7.11. The largest absolute Gasteiger partial charge is 0.488 e. The molecule has 0 unspecified atom stereocenters. The molecule has 0 N–H and O–H groups in total. The Kier molecular flexibility index (Phi) is 9.76. The summed E-state index contributed by atoms with van der Waals surface area (Å²) in [6.45, 7) is 25.8. The number of ether oxygens (including phenoxy) is 1. The molecule has 0 spiro atoms. The quantitative estimate of drug-likeness (QED) is 0.150. The Bertz CT molecular complexity index is 945. The number of para-hydroxylation sites is 1. The predicted molar refractivity (Wildman–Crippen MR) is 167 cm³/mol. The summed E-state index contributed by atoms with van der Waals surface area (Å²) in [5.74, 6) is 1.63. The predicted octanol–water partition coefficient (Wildman–Crippen LogP) is 10.2. The zero-order chi connectivity index (χ0) is 27.8. The maximum absolute atomic E-state index is 7.11. The van der Waals surface area contributed by atoms with Crippen molar-refractivity contribution in [2.24, 2.45) is 5.92 Å². The Morgan fingerprint density at radius 1 is 1.03 bits per heavy atom. The lowest BCUT2D eigenvalue weighted by molar-refractivity contribution is 0.142. The molecule has 1 saturated carbocycles. The van der Waals surface area contributed by atoms with Gasteiger partial charge in [-0.2, -0.15) is 0 Å². The molecule has 1 heterocycles. The van der Waals surface area contributed by atoms with E-state index in [1.165, 1.54) is 24.8 Å². The minimum Gasteiger partial charge on any atom is -0.488 e. The topological polar surface area (TPSA) is 27.7 Å². The van der Waals surface area contributed by atoms with Crippen molar-refractivity contribution in [3.05, 3.63) is 40.4 Å². The molecule has 5 atom stereocenters. The summed E-state index contributed by atoms with van der Waals surface area (Å²) in [4.78, 5) is 0. The Morgan fingerprint density at radius 2 is 1.68 bits per heavy atom. The fourth-order valence-corrected chi connectivity index (χ4v) is 8.27. The summed E-state index contributed by atoms with van der Waals surface area (Å²) in [6.07, 6.45) is 11.1. The number of hydrogen-bond acceptors (Lipinski definition) is 3. The van der Waals surface area contributed by atoms with Crippen LogP contribution in [0.2, 0.25) is 36.3 Å². The van der Waals surface area contributed by atoms with Crippen LogP contribution in [0.25, 0.3) is 0 Å². The molecule has 1 fully saturated rings. The van der Waals surface area contributed by atoms with Gasteiger partial charge < -0.3 is 13.6 Å². The third kappa shape index (κ3) is 7.03. The molecule has 1 aliphatic carbocycles. The van der Waals surface area contributed by atoms with Crippen molar-refractivity contribution in [1.29, 1.82) is 0 Å². The van der Waals surface area contributed by atoms with Gasteiger partial charge in [-0.15, -0.1) is 0 Å². The molecule has 3 rings (SSSR count). The van der Waals surface area contributed by atoms with Crippen LogP contribution in [0.3, 0.4) is 0 Å². The average Bonchev–Trinajstić information content (AvgIpc) is 3.26. The molecule has 0 aromatic heterocycles. The lowest BCUT2D eigenvalue weighted by Gasteiger charge is -2.40. The second kappa shape index (κ2) is 11.6. The lowest BCUT2D eigenvalue weighted by Crippen LogP contribution is -2.45. The smallest absolute Gasteiger partial charge is 0.192 e. The highest BCUT2D eigenvalue weighted by molar-refractivity contribution is 9.10. The standard InChI is InChI=1S/C31H53BrO3Si2/c1-12-13-14-16-22(34-36(8,9)30(2,3)4)19-20-23-26(35-37(10,11)31(5,6)7)21-27-28(23)24-17-15-18-25(32)29(24)33-27/h15,17-20,22-23,26-28H,12-14,16,21H2,1-11H3/b20-19+/t22-,23-,26+,27-,28-/m0/s1. The number of rotatable bonds is 10. The first-order valence-corrected chi connectivity index (χ1v) is 21.1. The van der Waals surface area contributed by atoms with Crippen molar-refractivity contribution in [2.45, 2.75) is 141 Å².